The summed E-state index contributed by atoms with van der Waals surface area (Å²) in [6, 6.07) is 69.4. The van der Waals surface area contributed by atoms with Crippen LogP contribution in [0.25, 0.3) is 71.0 Å². The van der Waals surface area contributed by atoms with E-state index in [1.165, 1.54) is 21.8 Å². The Morgan fingerprint density at radius 3 is 1.55 bits per heavy atom. The Labute approximate surface area is 319 Å². The SMILES string of the molecule is O=S1(c2ccccc2)=Nc2ccccc2C(c2ccccc2)=C1n1c2ccccc2c2cc(-c3ccc4c(c3)c3ccccc3n4-c3ccccc3)ccc21. The van der Waals surface area contributed by atoms with Gasteiger partial charge in [-0.25, -0.2) is 4.21 Å². The van der Waals surface area contributed by atoms with Crippen molar-refractivity contribution in [3.63, 3.8) is 0 Å². The predicted molar refractivity (Wildman–Crippen MR) is 229 cm³/mol. The second-order valence-electron chi connectivity index (χ2n) is 14.0. The summed E-state index contributed by atoms with van der Waals surface area (Å²) in [6.07, 6.45) is 0. The minimum atomic E-state index is -3.19. The molecular weight excluding hydrogens is 691 g/mol. The van der Waals surface area contributed by atoms with Crippen LogP contribution >= 0.6 is 0 Å². The van der Waals surface area contributed by atoms with E-state index in [2.05, 4.69) is 143 Å². The van der Waals surface area contributed by atoms with Crippen LogP contribution in [0.3, 0.4) is 0 Å². The first-order valence-electron chi connectivity index (χ1n) is 18.5. The standard InChI is InChI=1S/C50H33N3OS/c54-55(38-20-8-3-9-21-38)50(49(34-16-4-1-5-17-34)41-24-10-13-25-44(41)51-55)53-46-27-15-12-23-40(46)43-33-36(29-31-48(43)53)35-28-30-47-42(32-35)39-22-11-14-26-45(39)52(47)37-18-6-2-7-19-37/h1-33H. The highest BCUT2D eigenvalue weighted by atomic mass is 32.2. The third kappa shape index (κ3) is 4.80. The zero-order chi connectivity index (χ0) is 36.5. The summed E-state index contributed by atoms with van der Waals surface area (Å²) < 4.78 is 25.8. The van der Waals surface area contributed by atoms with E-state index in [0.29, 0.717) is 9.92 Å². The molecule has 0 aliphatic carbocycles. The molecule has 0 radical (unpaired) electrons. The van der Waals surface area contributed by atoms with Gasteiger partial charge in [0.15, 0.2) is 0 Å². The van der Waals surface area contributed by atoms with Crippen LogP contribution in [-0.4, -0.2) is 13.3 Å². The van der Waals surface area contributed by atoms with Gasteiger partial charge in [0.25, 0.3) is 0 Å². The highest BCUT2D eigenvalue weighted by Crippen LogP contribution is 2.48. The second kappa shape index (κ2) is 12.3. The average molecular weight is 724 g/mol. The van der Waals surface area contributed by atoms with Gasteiger partial charge in [-0.05, 0) is 83.4 Å². The molecule has 0 saturated carbocycles. The number of para-hydroxylation sites is 3. The first kappa shape index (κ1) is 31.6. The van der Waals surface area contributed by atoms with Crippen molar-refractivity contribution in [1.82, 2.24) is 9.13 Å². The summed E-state index contributed by atoms with van der Waals surface area (Å²) in [5.41, 5.74) is 11.3. The van der Waals surface area contributed by atoms with Crippen molar-refractivity contribution in [2.24, 2.45) is 4.36 Å². The smallest absolute Gasteiger partial charge is 0.134 e. The fraction of sp³-hybridized carbons (Fsp3) is 0. The Morgan fingerprint density at radius 2 is 0.891 bits per heavy atom. The molecule has 0 bridgehead atoms. The van der Waals surface area contributed by atoms with Crippen molar-refractivity contribution < 1.29 is 4.21 Å². The van der Waals surface area contributed by atoms with Crippen molar-refractivity contribution in [1.29, 1.82) is 0 Å². The molecule has 0 fully saturated rings. The summed E-state index contributed by atoms with van der Waals surface area (Å²) in [5.74, 6) is 0. The maximum Gasteiger partial charge on any atom is 0.134 e. The summed E-state index contributed by atoms with van der Waals surface area (Å²) in [7, 11) is -3.19. The summed E-state index contributed by atoms with van der Waals surface area (Å²) in [4.78, 5) is 0.679. The second-order valence-corrected chi connectivity index (χ2v) is 16.1. The van der Waals surface area contributed by atoms with Gasteiger partial charge in [0, 0.05) is 38.4 Å². The van der Waals surface area contributed by atoms with E-state index in [1.807, 2.05) is 66.7 Å². The molecule has 3 heterocycles. The summed E-state index contributed by atoms with van der Waals surface area (Å²) >= 11 is 0. The third-order valence-corrected chi connectivity index (χ3v) is 13.2. The van der Waals surface area contributed by atoms with Gasteiger partial charge in [-0.1, -0.05) is 133 Å². The Morgan fingerprint density at radius 1 is 0.400 bits per heavy atom. The van der Waals surface area contributed by atoms with Crippen LogP contribution in [0.1, 0.15) is 11.1 Å². The number of nitrogens with zero attached hydrogens (tertiary/aromatic N) is 3. The van der Waals surface area contributed by atoms with Crippen molar-refractivity contribution in [3.05, 3.63) is 211 Å². The van der Waals surface area contributed by atoms with E-state index in [9.17, 15) is 0 Å². The first-order chi connectivity index (χ1) is 27.2. The number of hydrogen-bond donors (Lipinski definition) is 0. The van der Waals surface area contributed by atoms with E-state index in [4.69, 9.17) is 4.36 Å². The maximum absolute atomic E-state index is 16.0. The molecule has 0 spiro atoms. The molecule has 55 heavy (non-hydrogen) atoms. The number of rotatable bonds is 5. The van der Waals surface area contributed by atoms with Crippen LogP contribution in [0.5, 0.6) is 0 Å². The lowest BCUT2D eigenvalue weighted by atomic mass is 9.97. The lowest BCUT2D eigenvalue weighted by Crippen LogP contribution is -2.16. The Kier molecular flexibility index (Phi) is 7.06. The van der Waals surface area contributed by atoms with Gasteiger partial charge in [-0.2, -0.15) is 4.36 Å². The molecule has 8 aromatic carbocycles. The maximum atomic E-state index is 16.0. The summed E-state index contributed by atoms with van der Waals surface area (Å²) in [6.45, 7) is 0. The molecule has 10 aromatic rings. The van der Waals surface area contributed by atoms with Crippen molar-refractivity contribution in [3.8, 4) is 16.8 Å². The molecular formula is C50H33N3OS. The van der Waals surface area contributed by atoms with Crippen LogP contribution < -0.4 is 0 Å². The van der Waals surface area contributed by atoms with Gasteiger partial charge < -0.3 is 9.13 Å². The Hall–Kier alpha value is -6.95. The number of benzene rings is 8. The quantitative estimate of drug-likeness (QED) is 0.174. The van der Waals surface area contributed by atoms with Crippen LogP contribution in [-0.2, 0) is 9.73 Å². The zero-order valence-electron chi connectivity index (χ0n) is 29.7. The van der Waals surface area contributed by atoms with Gasteiger partial charge in [0.1, 0.15) is 14.8 Å². The first-order valence-corrected chi connectivity index (χ1v) is 20.0. The van der Waals surface area contributed by atoms with Crippen LogP contribution in [0.15, 0.2) is 209 Å². The minimum Gasteiger partial charge on any atom is -0.309 e. The predicted octanol–water partition coefficient (Wildman–Crippen LogP) is 13.1. The Bertz CT molecular complexity index is 3290. The van der Waals surface area contributed by atoms with E-state index in [1.54, 1.807) is 0 Å². The molecule has 0 N–H and O–H groups in total. The molecule has 4 nitrogen and oxygen atoms in total. The van der Waals surface area contributed by atoms with Gasteiger partial charge in [-0.3, -0.25) is 0 Å². The highest BCUT2D eigenvalue weighted by Gasteiger charge is 2.33. The molecule has 5 heteroatoms. The van der Waals surface area contributed by atoms with Crippen LogP contribution in [0.4, 0.5) is 5.69 Å². The monoisotopic (exact) mass is 723 g/mol. The number of fused-ring (bicyclic) bond motifs is 7. The van der Waals surface area contributed by atoms with Crippen LogP contribution in [0, 0.1) is 0 Å². The topological polar surface area (TPSA) is 39.3 Å². The molecule has 2 aromatic heterocycles. The number of hydrogen-bond acceptors (Lipinski definition) is 2. The lowest BCUT2D eigenvalue weighted by Gasteiger charge is -2.27. The summed E-state index contributed by atoms with van der Waals surface area (Å²) in [5, 5.41) is 5.29. The van der Waals surface area contributed by atoms with E-state index in [-0.39, 0.29) is 0 Å². The van der Waals surface area contributed by atoms with Crippen LogP contribution in [0.2, 0.25) is 0 Å². The average Bonchev–Trinajstić information content (AvgIpc) is 3.76. The number of aromatic nitrogens is 2. The van der Waals surface area contributed by atoms with Crippen molar-refractivity contribution in [2.45, 2.75) is 4.90 Å². The molecule has 0 amide bonds. The fourth-order valence-electron chi connectivity index (χ4n) is 8.47. The molecule has 1 unspecified atom stereocenters. The van der Waals surface area contributed by atoms with E-state index >= 15 is 4.21 Å². The Balaban J connectivity index is 1.19. The molecule has 1 aliphatic rings. The van der Waals surface area contributed by atoms with Gasteiger partial charge >= 0.3 is 0 Å². The van der Waals surface area contributed by atoms with Gasteiger partial charge in [0.2, 0.25) is 0 Å². The molecule has 11 rings (SSSR count). The lowest BCUT2D eigenvalue weighted by molar-refractivity contribution is 0.682. The fourth-order valence-corrected chi connectivity index (χ4v) is 10.8. The molecule has 260 valence electrons. The van der Waals surface area contributed by atoms with E-state index in [0.717, 1.165) is 61.0 Å². The van der Waals surface area contributed by atoms with Gasteiger partial charge in [-0.15, -0.1) is 0 Å². The van der Waals surface area contributed by atoms with Crippen molar-refractivity contribution in [2.75, 3.05) is 0 Å². The third-order valence-electron chi connectivity index (χ3n) is 10.9. The largest absolute Gasteiger partial charge is 0.309 e. The van der Waals surface area contributed by atoms with Gasteiger partial charge in [0.05, 0.1) is 32.6 Å². The van der Waals surface area contributed by atoms with E-state index < -0.39 is 9.73 Å². The minimum absolute atomic E-state index is 0.678. The molecule has 0 saturated heterocycles. The normalized spacial score (nSPS) is 15.5. The molecule has 1 atom stereocenters. The van der Waals surface area contributed by atoms with Crippen molar-refractivity contribution >= 4 is 69.6 Å². The highest BCUT2D eigenvalue weighted by molar-refractivity contribution is 8.02. The zero-order valence-corrected chi connectivity index (χ0v) is 30.5. The molecule has 1 aliphatic heterocycles.